The molecule has 5 N–H and O–H groups in total. The number of benzene rings is 3. The molecule has 0 aliphatic heterocycles. The highest BCUT2D eigenvalue weighted by molar-refractivity contribution is 5.94. The minimum Gasteiger partial charge on any atom is -0.481 e. The molecule has 0 aliphatic rings. The lowest BCUT2D eigenvalue weighted by molar-refractivity contribution is -0.137. The van der Waals surface area contributed by atoms with E-state index in [1.54, 1.807) is 0 Å². The van der Waals surface area contributed by atoms with Crippen molar-refractivity contribution in [2.45, 2.75) is 38.1 Å². The molecule has 0 radical (unpaired) electrons. The molecule has 170 valence electrons. The number of nitrogens with two attached hydrogens (primary N) is 1. The van der Waals surface area contributed by atoms with Gasteiger partial charge in [0.1, 0.15) is 5.84 Å². The first-order valence-corrected chi connectivity index (χ1v) is 11.0. The summed E-state index contributed by atoms with van der Waals surface area (Å²) in [5, 5.41) is 19.6. The van der Waals surface area contributed by atoms with Gasteiger partial charge in [0.15, 0.2) is 0 Å². The fraction of sp³-hybridized carbons (Fsp3) is 0.222. The zero-order valence-electron chi connectivity index (χ0n) is 18.5. The van der Waals surface area contributed by atoms with Gasteiger partial charge < -0.3 is 16.2 Å². The number of carboxylic acids is 1. The van der Waals surface area contributed by atoms with Gasteiger partial charge in [-0.25, -0.2) is 0 Å². The predicted molar refractivity (Wildman–Crippen MR) is 130 cm³/mol. The number of carboxylic acid groups (broad SMARTS) is 1. The number of amidine groups is 1. The highest BCUT2D eigenvalue weighted by Crippen LogP contribution is 2.23. The van der Waals surface area contributed by atoms with Crippen LogP contribution in [-0.4, -0.2) is 22.8 Å². The number of carbonyl (C=O) groups excluding carboxylic acids is 1. The molecule has 1 amide bonds. The van der Waals surface area contributed by atoms with Crippen molar-refractivity contribution in [3.63, 3.8) is 0 Å². The summed E-state index contributed by atoms with van der Waals surface area (Å²) in [6, 6.07) is 24.5. The molecular weight excluding hydrogens is 414 g/mol. The van der Waals surface area contributed by atoms with E-state index in [0.29, 0.717) is 18.4 Å². The van der Waals surface area contributed by atoms with Crippen LogP contribution in [0.25, 0.3) is 11.1 Å². The van der Waals surface area contributed by atoms with Crippen LogP contribution in [0.1, 0.15) is 48.4 Å². The van der Waals surface area contributed by atoms with E-state index in [9.17, 15) is 14.7 Å². The number of carbonyl (C=O) groups is 2. The van der Waals surface area contributed by atoms with Crippen molar-refractivity contribution < 1.29 is 14.7 Å². The summed E-state index contributed by atoms with van der Waals surface area (Å²) >= 11 is 0. The second-order valence-electron chi connectivity index (χ2n) is 8.02. The first-order valence-electron chi connectivity index (χ1n) is 11.0. The number of hydrogen-bond donors (Lipinski definition) is 4. The fourth-order valence-electron chi connectivity index (χ4n) is 3.70. The van der Waals surface area contributed by atoms with E-state index in [4.69, 9.17) is 11.1 Å². The Balaban J connectivity index is 1.52. The maximum atomic E-state index is 12.5. The maximum absolute atomic E-state index is 12.5. The zero-order valence-corrected chi connectivity index (χ0v) is 18.5. The quantitative estimate of drug-likeness (QED) is 0.195. The minimum absolute atomic E-state index is 0.0452. The lowest BCUT2D eigenvalue weighted by atomic mass is 9.99. The minimum atomic E-state index is -0.957. The molecule has 3 aromatic rings. The van der Waals surface area contributed by atoms with E-state index in [1.165, 1.54) is 0 Å². The summed E-state index contributed by atoms with van der Waals surface area (Å²) in [6.07, 6.45) is 2.53. The fourth-order valence-corrected chi connectivity index (χ4v) is 3.70. The number of nitrogens with one attached hydrogen (secondary N) is 2. The van der Waals surface area contributed by atoms with Crippen molar-refractivity contribution >= 4 is 17.7 Å². The molecule has 3 rings (SSSR count). The van der Waals surface area contributed by atoms with Crippen LogP contribution in [0, 0.1) is 5.41 Å². The van der Waals surface area contributed by atoms with Crippen LogP contribution >= 0.6 is 0 Å². The van der Waals surface area contributed by atoms with Crippen molar-refractivity contribution in [1.29, 1.82) is 5.41 Å². The monoisotopic (exact) mass is 443 g/mol. The molecule has 0 spiro atoms. The highest BCUT2D eigenvalue weighted by atomic mass is 16.4. The Morgan fingerprint density at radius 3 is 2.12 bits per heavy atom. The summed E-state index contributed by atoms with van der Waals surface area (Å²) in [5.41, 5.74) is 10.2. The third-order valence-corrected chi connectivity index (χ3v) is 5.52. The summed E-state index contributed by atoms with van der Waals surface area (Å²) in [6.45, 7) is 0. The second kappa shape index (κ2) is 11.6. The Bertz CT molecular complexity index is 1080. The summed E-state index contributed by atoms with van der Waals surface area (Å²) in [7, 11) is 0. The number of rotatable bonds is 11. The van der Waals surface area contributed by atoms with Crippen LogP contribution in [0.4, 0.5) is 0 Å². The normalized spacial score (nSPS) is 11.5. The largest absolute Gasteiger partial charge is 0.481 e. The summed E-state index contributed by atoms with van der Waals surface area (Å²) < 4.78 is 0. The summed E-state index contributed by atoms with van der Waals surface area (Å²) in [4.78, 5) is 23.8. The number of aryl methyl sites for hydroxylation is 1. The van der Waals surface area contributed by atoms with Crippen molar-refractivity contribution in [2.75, 3.05) is 0 Å². The Labute approximate surface area is 194 Å². The van der Waals surface area contributed by atoms with Gasteiger partial charge in [-0.15, -0.1) is 0 Å². The molecule has 1 unspecified atom stereocenters. The summed E-state index contributed by atoms with van der Waals surface area (Å²) in [5.74, 6) is -1.06. The van der Waals surface area contributed by atoms with Crippen LogP contribution in [0.15, 0.2) is 78.9 Å². The number of unbranched alkanes of at least 4 members (excludes halogenated alkanes) is 1. The second-order valence-corrected chi connectivity index (χ2v) is 8.02. The van der Waals surface area contributed by atoms with E-state index < -0.39 is 12.0 Å². The van der Waals surface area contributed by atoms with Gasteiger partial charge in [0.2, 0.25) is 5.91 Å². The molecule has 6 nitrogen and oxygen atoms in total. The van der Waals surface area contributed by atoms with E-state index in [2.05, 4.69) is 5.32 Å². The maximum Gasteiger partial charge on any atom is 0.305 e. The van der Waals surface area contributed by atoms with Crippen LogP contribution < -0.4 is 11.1 Å². The Kier molecular flexibility index (Phi) is 8.36. The molecule has 6 heteroatoms. The lowest BCUT2D eigenvalue weighted by Crippen LogP contribution is -2.30. The standard InChI is InChI=1S/C27H29N3O3/c28-27(29)23-12-10-19(11-13-23)6-4-5-9-25(31)30-24(18-26(32)33)22-16-14-21(15-17-22)20-7-2-1-3-8-20/h1-3,7-8,10-17,24H,4-6,9,18H2,(H3,28,29)(H,30,31)(H,32,33). The Morgan fingerprint density at radius 1 is 0.879 bits per heavy atom. The average Bonchev–Trinajstić information content (AvgIpc) is 2.82. The van der Waals surface area contributed by atoms with Gasteiger partial charge in [0.05, 0.1) is 12.5 Å². The molecule has 0 saturated carbocycles. The molecule has 33 heavy (non-hydrogen) atoms. The molecule has 0 heterocycles. The first-order chi connectivity index (χ1) is 15.9. The third kappa shape index (κ3) is 7.31. The number of nitrogen functional groups attached to an aromatic ring is 1. The molecule has 0 bridgehead atoms. The molecular formula is C27H29N3O3. The van der Waals surface area contributed by atoms with E-state index in [0.717, 1.165) is 35.1 Å². The van der Waals surface area contributed by atoms with E-state index >= 15 is 0 Å². The van der Waals surface area contributed by atoms with E-state index in [1.807, 2.05) is 78.9 Å². The van der Waals surface area contributed by atoms with Gasteiger partial charge in [-0.05, 0) is 41.5 Å². The number of amides is 1. The smallest absolute Gasteiger partial charge is 0.305 e. The molecule has 1 atom stereocenters. The molecule has 3 aromatic carbocycles. The average molecular weight is 444 g/mol. The highest BCUT2D eigenvalue weighted by Gasteiger charge is 2.18. The van der Waals surface area contributed by atoms with Crippen molar-refractivity contribution in [1.82, 2.24) is 5.32 Å². The molecule has 0 saturated heterocycles. The van der Waals surface area contributed by atoms with Gasteiger partial charge in [0, 0.05) is 12.0 Å². The molecule has 0 fully saturated rings. The number of aliphatic carboxylic acids is 1. The predicted octanol–water partition coefficient (Wildman–Crippen LogP) is 4.68. The molecule has 0 aliphatic carbocycles. The van der Waals surface area contributed by atoms with Gasteiger partial charge in [0.25, 0.3) is 0 Å². The topological polar surface area (TPSA) is 116 Å². The third-order valence-electron chi connectivity index (χ3n) is 5.52. The molecule has 0 aromatic heterocycles. The van der Waals surface area contributed by atoms with Gasteiger partial charge in [-0.3, -0.25) is 15.0 Å². The van der Waals surface area contributed by atoms with Gasteiger partial charge in [-0.2, -0.15) is 0 Å². The zero-order chi connectivity index (χ0) is 23.6. The Hall–Kier alpha value is -3.93. The van der Waals surface area contributed by atoms with Crippen LogP contribution in [0.3, 0.4) is 0 Å². The lowest BCUT2D eigenvalue weighted by Gasteiger charge is -2.18. The van der Waals surface area contributed by atoms with E-state index in [-0.39, 0.29) is 18.2 Å². The van der Waals surface area contributed by atoms with Crippen LogP contribution in [0.5, 0.6) is 0 Å². The van der Waals surface area contributed by atoms with Crippen molar-refractivity contribution in [2.24, 2.45) is 5.73 Å². The number of hydrogen-bond acceptors (Lipinski definition) is 3. The van der Waals surface area contributed by atoms with Gasteiger partial charge >= 0.3 is 5.97 Å². The first kappa shape index (κ1) is 23.7. The Morgan fingerprint density at radius 2 is 1.52 bits per heavy atom. The van der Waals surface area contributed by atoms with Gasteiger partial charge in [-0.1, -0.05) is 78.9 Å². The van der Waals surface area contributed by atoms with Crippen LogP contribution in [-0.2, 0) is 16.0 Å². The SMILES string of the molecule is N=C(N)c1ccc(CCCCC(=O)NC(CC(=O)O)c2ccc(-c3ccccc3)cc2)cc1. The van der Waals surface area contributed by atoms with Crippen molar-refractivity contribution in [3.8, 4) is 11.1 Å². The van der Waals surface area contributed by atoms with Crippen molar-refractivity contribution in [3.05, 3.63) is 95.6 Å². The van der Waals surface area contributed by atoms with Crippen LogP contribution in [0.2, 0.25) is 0 Å².